The first-order chi connectivity index (χ1) is 8.11. The Bertz CT molecular complexity index is 373. The van der Waals surface area contributed by atoms with Crippen molar-refractivity contribution in [2.45, 2.75) is 6.92 Å². The van der Waals surface area contributed by atoms with E-state index >= 15 is 0 Å². The molecule has 5 heteroatoms. The zero-order valence-electron chi connectivity index (χ0n) is 9.90. The molecule has 96 valence electrons. The first-order valence-corrected chi connectivity index (χ1v) is 7.83. The van der Waals surface area contributed by atoms with E-state index in [1.54, 1.807) is 0 Å². The standard InChI is InChI=1S/C12H18BrNO2S/c1-10(8-14)9-17(15)6-5-16-12-4-2-3-11(13)7-12/h2-4,7,10H,5-6,8-9,14H2,1H3. The van der Waals surface area contributed by atoms with Gasteiger partial charge in [0, 0.05) is 21.0 Å². The van der Waals surface area contributed by atoms with E-state index in [1.807, 2.05) is 31.2 Å². The van der Waals surface area contributed by atoms with Crippen LogP contribution in [0.1, 0.15) is 6.92 Å². The van der Waals surface area contributed by atoms with Gasteiger partial charge in [0.25, 0.3) is 0 Å². The van der Waals surface area contributed by atoms with E-state index in [-0.39, 0.29) is 0 Å². The van der Waals surface area contributed by atoms with Crippen LogP contribution >= 0.6 is 15.9 Å². The van der Waals surface area contributed by atoms with E-state index in [4.69, 9.17) is 10.5 Å². The topological polar surface area (TPSA) is 52.3 Å². The van der Waals surface area contributed by atoms with Gasteiger partial charge in [-0.2, -0.15) is 0 Å². The van der Waals surface area contributed by atoms with Gasteiger partial charge in [0.2, 0.25) is 0 Å². The minimum atomic E-state index is -0.846. The Morgan fingerprint density at radius 1 is 1.53 bits per heavy atom. The van der Waals surface area contributed by atoms with Crippen molar-refractivity contribution in [3.8, 4) is 5.75 Å². The highest BCUT2D eigenvalue weighted by atomic mass is 79.9. The Morgan fingerprint density at radius 3 is 2.94 bits per heavy atom. The van der Waals surface area contributed by atoms with E-state index in [1.165, 1.54) is 0 Å². The minimum Gasteiger partial charge on any atom is -0.493 e. The third-order valence-corrected chi connectivity index (χ3v) is 4.30. The zero-order valence-corrected chi connectivity index (χ0v) is 12.3. The summed E-state index contributed by atoms with van der Waals surface area (Å²) < 4.78 is 18.1. The van der Waals surface area contributed by atoms with Crippen molar-refractivity contribution >= 4 is 26.7 Å². The molecule has 2 N–H and O–H groups in total. The van der Waals surface area contributed by atoms with Crippen molar-refractivity contribution in [3.05, 3.63) is 28.7 Å². The number of hydrogen-bond acceptors (Lipinski definition) is 3. The molecule has 0 aromatic heterocycles. The first kappa shape index (κ1) is 14.7. The molecule has 17 heavy (non-hydrogen) atoms. The second-order valence-corrected chi connectivity index (χ2v) is 6.49. The second kappa shape index (κ2) is 7.84. The third kappa shape index (κ3) is 6.19. The fourth-order valence-corrected chi connectivity index (χ4v) is 2.86. The van der Waals surface area contributed by atoms with E-state index in [9.17, 15) is 4.21 Å². The Labute approximate surface area is 113 Å². The van der Waals surface area contributed by atoms with Gasteiger partial charge in [-0.1, -0.05) is 28.9 Å². The molecular weight excluding hydrogens is 302 g/mol. The molecule has 2 unspecified atom stereocenters. The summed E-state index contributed by atoms with van der Waals surface area (Å²) in [4.78, 5) is 0. The van der Waals surface area contributed by atoms with E-state index < -0.39 is 10.8 Å². The van der Waals surface area contributed by atoms with Crippen molar-refractivity contribution in [3.63, 3.8) is 0 Å². The lowest BCUT2D eigenvalue weighted by atomic mass is 10.2. The molecular formula is C12H18BrNO2S. The van der Waals surface area contributed by atoms with Gasteiger partial charge in [0.1, 0.15) is 5.75 Å². The van der Waals surface area contributed by atoms with Crippen LogP contribution in [0.15, 0.2) is 28.7 Å². The van der Waals surface area contributed by atoms with Crippen LogP contribution in [0.3, 0.4) is 0 Å². The average molecular weight is 320 g/mol. The Kier molecular flexibility index (Phi) is 6.77. The highest BCUT2D eigenvalue weighted by Crippen LogP contribution is 2.17. The largest absolute Gasteiger partial charge is 0.493 e. The normalized spacial score (nSPS) is 14.3. The maximum absolute atomic E-state index is 11.6. The van der Waals surface area contributed by atoms with Gasteiger partial charge in [-0.15, -0.1) is 0 Å². The van der Waals surface area contributed by atoms with Crippen LogP contribution in [0.5, 0.6) is 5.75 Å². The summed E-state index contributed by atoms with van der Waals surface area (Å²) in [5, 5.41) is 0. The summed E-state index contributed by atoms with van der Waals surface area (Å²) in [7, 11) is -0.846. The number of benzene rings is 1. The predicted molar refractivity (Wildman–Crippen MR) is 75.7 cm³/mol. The summed E-state index contributed by atoms with van der Waals surface area (Å²) >= 11 is 3.37. The smallest absolute Gasteiger partial charge is 0.120 e. The van der Waals surface area contributed by atoms with Gasteiger partial charge in [0.05, 0.1) is 12.4 Å². The van der Waals surface area contributed by atoms with Crippen molar-refractivity contribution in [2.24, 2.45) is 11.7 Å². The van der Waals surface area contributed by atoms with Gasteiger partial charge in [-0.25, -0.2) is 0 Å². The van der Waals surface area contributed by atoms with E-state index in [2.05, 4.69) is 15.9 Å². The summed E-state index contributed by atoms with van der Waals surface area (Å²) in [5.74, 6) is 2.31. The van der Waals surface area contributed by atoms with Gasteiger partial charge >= 0.3 is 0 Å². The number of ether oxygens (including phenoxy) is 1. The molecule has 0 saturated carbocycles. The van der Waals surface area contributed by atoms with Gasteiger partial charge in [-0.3, -0.25) is 4.21 Å². The average Bonchev–Trinajstić information content (AvgIpc) is 2.29. The van der Waals surface area contributed by atoms with Gasteiger partial charge in [-0.05, 0) is 30.7 Å². The highest BCUT2D eigenvalue weighted by Gasteiger charge is 2.06. The number of hydrogen-bond donors (Lipinski definition) is 1. The molecule has 0 aliphatic carbocycles. The molecule has 0 saturated heterocycles. The van der Waals surface area contributed by atoms with E-state index in [0.717, 1.165) is 10.2 Å². The van der Waals surface area contributed by atoms with Crippen molar-refractivity contribution in [1.29, 1.82) is 0 Å². The van der Waals surface area contributed by atoms with Gasteiger partial charge < -0.3 is 10.5 Å². The minimum absolute atomic E-state index is 0.307. The number of nitrogens with two attached hydrogens (primary N) is 1. The lowest BCUT2D eigenvalue weighted by Crippen LogP contribution is -2.20. The second-order valence-electron chi connectivity index (χ2n) is 3.96. The summed E-state index contributed by atoms with van der Waals surface area (Å²) in [5.41, 5.74) is 5.49. The molecule has 0 fully saturated rings. The van der Waals surface area contributed by atoms with Crippen LogP contribution < -0.4 is 10.5 Å². The fraction of sp³-hybridized carbons (Fsp3) is 0.500. The molecule has 0 amide bonds. The quantitative estimate of drug-likeness (QED) is 0.838. The maximum Gasteiger partial charge on any atom is 0.120 e. The van der Waals surface area contributed by atoms with Crippen LogP contribution in [0, 0.1) is 5.92 Å². The first-order valence-electron chi connectivity index (χ1n) is 5.55. The Hall–Kier alpha value is -0.390. The van der Waals surface area contributed by atoms with Crippen molar-refractivity contribution in [1.82, 2.24) is 0 Å². The summed E-state index contributed by atoms with van der Waals surface area (Å²) in [6, 6.07) is 7.63. The zero-order chi connectivity index (χ0) is 12.7. The molecule has 0 aliphatic heterocycles. The predicted octanol–water partition coefficient (Wildman–Crippen LogP) is 2.17. The number of halogens is 1. The molecule has 0 spiro atoms. The molecule has 0 bridgehead atoms. The van der Waals surface area contributed by atoms with Crippen molar-refractivity contribution in [2.75, 3.05) is 24.7 Å². The molecule has 0 aliphatic rings. The van der Waals surface area contributed by atoms with Crippen LogP contribution in [0.25, 0.3) is 0 Å². The highest BCUT2D eigenvalue weighted by molar-refractivity contribution is 9.10. The third-order valence-electron chi connectivity index (χ3n) is 2.25. The monoisotopic (exact) mass is 319 g/mol. The SMILES string of the molecule is CC(CN)CS(=O)CCOc1cccc(Br)c1. The maximum atomic E-state index is 11.6. The van der Waals surface area contributed by atoms with Crippen LogP contribution in [-0.2, 0) is 10.8 Å². The van der Waals surface area contributed by atoms with Crippen LogP contribution in [-0.4, -0.2) is 28.9 Å². The Morgan fingerprint density at radius 2 is 2.29 bits per heavy atom. The molecule has 2 atom stereocenters. The molecule has 1 rings (SSSR count). The van der Waals surface area contributed by atoms with Crippen LogP contribution in [0.4, 0.5) is 0 Å². The van der Waals surface area contributed by atoms with Crippen molar-refractivity contribution < 1.29 is 8.95 Å². The lowest BCUT2D eigenvalue weighted by Gasteiger charge is -2.09. The molecule has 1 aromatic rings. The summed E-state index contributed by atoms with van der Waals surface area (Å²) in [6.45, 7) is 3.06. The summed E-state index contributed by atoms with van der Waals surface area (Å²) in [6.07, 6.45) is 0. The van der Waals surface area contributed by atoms with Crippen LogP contribution in [0.2, 0.25) is 0 Å². The molecule has 0 radical (unpaired) electrons. The van der Waals surface area contributed by atoms with Gasteiger partial charge in [0.15, 0.2) is 0 Å². The molecule has 0 heterocycles. The lowest BCUT2D eigenvalue weighted by molar-refractivity contribution is 0.342. The number of rotatable bonds is 7. The Balaban J connectivity index is 2.26. The molecule has 1 aromatic carbocycles. The fourth-order valence-electron chi connectivity index (χ4n) is 1.28. The van der Waals surface area contributed by atoms with E-state index in [0.29, 0.717) is 30.6 Å². The molecule has 3 nitrogen and oxygen atoms in total.